The molecule has 0 saturated carbocycles. The quantitative estimate of drug-likeness (QED) is 0.565. The maximum Gasteiger partial charge on any atom is 0.293 e. The summed E-state index contributed by atoms with van der Waals surface area (Å²) < 4.78 is 2.06. The van der Waals surface area contributed by atoms with E-state index >= 15 is 0 Å². The molecule has 0 unspecified atom stereocenters. The van der Waals surface area contributed by atoms with Gasteiger partial charge in [-0.3, -0.25) is 0 Å². The van der Waals surface area contributed by atoms with Gasteiger partial charge in [0.05, 0.1) is 16.2 Å². The molecule has 3 heterocycles. The lowest BCUT2D eigenvalue weighted by Gasteiger charge is -2.04. The van der Waals surface area contributed by atoms with Crippen molar-refractivity contribution >= 4 is 33.7 Å². The standard InChI is InChI=1S/C15H11ClN4O/c1-20-5-4-8-6-9(2-3-12(8)20)13-10(16)7-11-14(18-13)19-15(21)17-11/h2-7H,1H3,(H2,17,18,19,21). The van der Waals surface area contributed by atoms with Gasteiger partial charge in [-0.1, -0.05) is 17.7 Å². The second-order valence-electron chi connectivity index (χ2n) is 4.95. The molecule has 2 N–H and O–H groups in total. The third-order valence-corrected chi connectivity index (χ3v) is 3.86. The van der Waals surface area contributed by atoms with Crippen molar-refractivity contribution in [3.63, 3.8) is 0 Å². The smallest absolute Gasteiger partial charge is 0.293 e. The van der Waals surface area contributed by atoms with Gasteiger partial charge in [-0.05, 0) is 24.3 Å². The summed E-state index contributed by atoms with van der Waals surface area (Å²) in [6, 6.07) is 9.67. The monoisotopic (exact) mass is 298 g/mol. The molecule has 0 atom stereocenters. The van der Waals surface area contributed by atoms with Gasteiger partial charge in [-0.15, -0.1) is 0 Å². The predicted molar refractivity (Wildman–Crippen MR) is 82.5 cm³/mol. The summed E-state index contributed by atoms with van der Waals surface area (Å²) in [7, 11) is 2.01. The largest absolute Gasteiger partial charge is 0.480 e. The van der Waals surface area contributed by atoms with Gasteiger partial charge < -0.3 is 14.7 Å². The summed E-state index contributed by atoms with van der Waals surface area (Å²) in [5.74, 6) is 0. The van der Waals surface area contributed by atoms with E-state index in [-0.39, 0.29) is 6.01 Å². The van der Waals surface area contributed by atoms with Gasteiger partial charge in [0.2, 0.25) is 0 Å². The Morgan fingerprint density at radius 1 is 1.19 bits per heavy atom. The zero-order chi connectivity index (χ0) is 14.6. The first-order chi connectivity index (χ1) is 10.1. The van der Waals surface area contributed by atoms with Crippen LogP contribution in [0.5, 0.6) is 6.01 Å². The molecule has 0 aliphatic carbocycles. The number of fused-ring (bicyclic) bond motifs is 2. The molecular formula is C15H11ClN4O. The Kier molecular flexibility index (Phi) is 2.46. The molecule has 5 nitrogen and oxygen atoms in total. The first kappa shape index (κ1) is 12.2. The summed E-state index contributed by atoms with van der Waals surface area (Å²) in [4.78, 5) is 11.1. The van der Waals surface area contributed by atoms with E-state index in [1.165, 1.54) is 0 Å². The molecule has 3 aromatic heterocycles. The van der Waals surface area contributed by atoms with Crippen molar-refractivity contribution in [2.45, 2.75) is 0 Å². The second-order valence-corrected chi connectivity index (χ2v) is 5.36. The highest BCUT2D eigenvalue weighted by molar-refractivity contribution is 6.33. The molecule has 0 radical (unpaired) electrons. The number of nitrogens with zero attached hydrogens (tertiary/aromatic N) is 3. The number of nitrogens with one attached hydrogen (secondary N) is 1. The minimum absolute atomic E-state index is 0.163. The van der Waals surface area contributed by atoms with Gasteiger partial charge in [0.25, 0.3) is 6.01 Å². The number of rotatable bonds is 1. The third-order valence-electron chi connectivity index (χ3n) is 3.57. The van der Waals surface area contributed by atoms with Crippen LogP contribution in [-0.4, -0.2) is 24.6 Å². The fraction of sp³-hybridized carbons (Fsp3) is 0.0667. The molecule has 0 aliphatic heterocycles. The van der Waals surface area contributed by atoms with E-state index in [2.05, 4.69) is 19.5 Å². The molecule has 0 amide bonds. The summed E-state index contributed by atoms with van der Waals surface area (Å²) in [6.07, 6.45) is 2.01. The van der Waals surface area contributed by atoms with Crippen molar-refractivity contribution in [3.05, 3.63) is 41.6 Å². The first-order valence-electron chi connectivity index (χ1n) is 6.42. The predicted octanol–water partition coefficient (Wildman–Crippen LogP) is 3.48. The lowest BCUT2D eigenvalue weighted by Crippen LogP contribution is -1.88. The SMILES string of the molecule is Cn1ccc2cc(-c3nc4nc(O)[nH]c4cc3Cl)ccc21. The lowest BCUT2D eigenvalue weighted by atomic mass is 10.1. The van der Waals surface area contributed by atoms with E-state index < -0.39 is 0 Å². The van der Waals surface area contributed by atoms with E-state index in [1.54, 1.807) is 6.07 Å². The van der Waals surface area contributed by atoms with E-state index in [0.717, 1.165) is 16.5 Å². The highest BCUT2D eigenvalue weighted by Gasteiger charge is 2.12. The Hall–Kier alpha value is -2.53. The van der Waals surface area contributed by atoms with Crippen LogP contribution in [0.2, 0.25) is 5.02 Å². The van der Waals surface area contributed by atoms with E-state index in [9.17, 15) is 5.11 Å². The Balaban J connectivity index is 1.95. The highest BCUT2D eigenvalue weighted by Crippen LogP contribution is 2.31. The van der Waals surface area contributed by atoms with Crippen LogP contribution in [0.4, 0.5) is 0 Å². The second kappa shape index (κ2) is 4.23. The van der Waals surface area contributed by atoms with Gasteiger partial charge in [-0.2, -0.15) is 4.98 Å². The molecule has 0 aliphatic rings. The molecule has 4 rings (SSSR count). The Morgan fingerprint density at radius 3 is 2.90 bits per heavy atom. The maximum absolute atomic E-state index is 9.40. The van der Waals surface area contributed by atoms with Gasteiger partial charge >= 0.3 is 0 Å². The number of imidazole rings is 1. The summed E-state index contributed by atoms with van der Waals surface area (Å²) in [5, 5.41) is 11.0. The molecule has 1 aromatic carbocycles. The molecular weight excluding hydrogens is 288 g/mol. The van der Waals surface area contributed by atoms with Crippen molar-refractivity contribution in [1.82, 2.24) is 19.5 Å². The van der Waals surface area contributed by atoms with Crippen LogP contribution in [-0.2, 0) is 7.05 Å². The molecule has 6 heteroatoms. The summed E-state index contributed by atoms with van der Waals surface area (Å²) >= 11 is 6.31. The average Bonchev–Trinajstić information content (AvgIpc) is 3.00. The number of hydrogen-bond donors (Lipinski definition) is 2. The Labute approximate surface area is 124 Å². The van der Waals surface area contributed by atoms with Crippen LogP contribution < -0.4 is 0 Å². The average molecular weight is 299 g/mol. The van der Waals surface area contributed by atoms with E-state index in [0.29, 0.717) is 21.9 Å². The maximum atomic E-state index is 9.40. The number of pyridine rings is 1. The van der Waals surface area contributed by atoms with Crippen molar-refractivity contribution < 1.29 is 5.11 Å². The number of aryl methyl sites for hydroxylation is 1. The van der Waals surface area contributed by atoms with Gasteiger partial charge in [0.1, 0.15) is 0 Å². The fourth-order valence-electron chi connectivity index (χ4n) is 2.54. The van der Waals surface area contributed by atoms with Crippen LogP contribution in [0.15, 0.2) is 36.5 Å². The van der Waals surface area contributed by atoms with Crippen molar-refractivity contribution in [2.24, 2.45) is 7.05 Å². The van der Waals surface area contributed by atoms with E-state index in [4.69, 9.17) is 11.6 Å². The number of aromatic hydroxyl groups is 1. The number of halogens is 1. The topological polar surface area (TPSA) is 66.7 Å². The van der Waals surface area contributed by atoms with Crippen LogP contribution in [0.1, 0.15) is 0 Å². The van der Waals surface area contributed by atoms with Crippen molar-refractivity contribution in [1.29, 1.82) is 0 Å². The number of aromatic nitrogens is 4. The molecule has 4 aromatic rings. The van der Waals surface area contributed by atoms with Gasteiger partial charge in [-0.25, -0.2) is 4.98 Å². The lowest BCUT2D eigenvalue weighted by molar-refractivity contribution is 0.438. The minimum atomic E-state index is -0.163. The Morgan fingerprint density at radius 2 is 2.05 bits per heavy atom. The van der Waals surface area contributed by atoms with Crippen molar-refractivity contribution in [2.75, 3.05) is 0 Å². The molecule has 0 spiro atoms. The third kappa shape index (κ3) is 1.86. The number of H-pyrrole nitrogens is 1. The van der Waals surface area contributed by atoms with Crippen molar-refractivity contribution in [3.8, 4) is 17.3 Å². The summed E-state index contributed by atoms with van der Waals surface area (Å²) in [6.45, 7) is 0. The molecule has 0 bridgehead atoms. The van der Waals surface area contributed by atoms with Crippen LogP contribution >= 0.6 is 11.6 Å². The van der Waals surface area contributed by atoms with E-state index in [1.807, 2.05) is 37.5 Å². The van der Waals surface area contributed by atoms with Gasteiger partial charge in [0, 0.05) is 29.7 Å². The number of benzene rings is 1. The molecule has 21 heavy (non-hydrogen) atoms. The zero-order valence-corrected chi connectivity index (χ0v) is 11.9. The van der Waals surface area contributed by atoms with Crippen LogP contribution in [0, 0.1) is 0 Å². The minimum Gasteiger partial charge on any atom is -0.480 e. The normalized spacial score (nSPS) is 11.5. The van der Waals surface area contributed by atoms with Gasteiger partial charge in [0.15, 0.2) is 5.65 Å². The molecule has 0 saturated heterocycles. The Bertz CT molecular complexity index is 986. The summed E-state index contributed by atoms with van der Waals surface area (Å²) in [5.41, 5.74) is 3.78. The molecule has 104 valence electrons. The number of aromatic amines is 1. The number of hydrogen-bond acceptors (Lipinski definition) is 3. The zero-order valence-electron chi connectivity index (χ0n) is 11.1. The van der Waals surface area contributed by atoms with Crippen LogP contribution in [0.3, 0.4) is 0 Å². The van der Waals surface area contributed by atoms with Crippen LogP contribution in [0.25, 0.3) is 33.3 Å². The first-order valence-corrected chi connectivity index (χ1v) is 6.80. The highest BCUT2D eigenvalue weighted by atomic mass is 35.5. The fourth-order valence-corrected chi connectivity index (χ4v) is 2.80. The molecule has 0 fully saturated rings.